The zero-order valence-electron chi connectivity index (χ0n) is 15.1. The van der Waals surface area contributed by atoms with E-state index in [4.69, 9.17) is 0 Å². The number of benzene rings is 1. The molecule has 5 nitrogen and oxygen atoms in total. The molecule has 1 saturated heterocycles. The molecule has 2 heterocycles. The maximum Gasteiger partial charge on any atom is 0.236 e. The minimum atomic E-state index is -3.04. The summed E-state index contributed by atoms with van der Waals surface area (Å²) in [6.45, 7) is 4.18. The van der Waals surface area contributed by atoms with Crippen LogP contribution in [0.3, 0.4) is 0 Å². The molecule has 0 N–H and O–H groups in total. The first-order valence-electron chi connectivity index (χ1n) is 8.68. The molecule has 1 aliphatic rings. The fourth-order valence-corrected chi connectivity index (χ4v) is 6.89. The van der Waals surface area contributed by atoms with Gasteiger partial charge in [-0.2, -0.15) is 0 Å². The first-order valence-corrected chi connectivity index (χ1v) is 12.3. The zero-order chi connectivity index (χ0) is 19.6. The Hall–Kier alpha value is -1.45. The molecule has 27 heavy (non-hydrogen) atoms. The third-order valence-electron chi connectivity index (χ3n) is 4.52. The maximum absolute atomic E-state index is 13.1. The van der Waals surface area contributed by atoms with Crippen molar-refractivity contribution in [2.75, 3.05) is 18.1 Å². The molecule has 0 bridgehead atoms. The van der Waals surface area contributed by atoms with E-state index in [1.165, 1.54) is 35.2 Å². The summed E-state index contributed by atoms with van der Waals surface area (Å²) in [6, 6.07) is 5.89. The summed E-state index contributed by atoms with van der Waals surface area (Å²) in [6.07, 6.45) is 0.505. The summed E-state index contributed by atoms with van der Waals surface area (Å²) in [5, 5.41) is 1.52. The predicted molar refractivity (Wildman–Crippen MR) is 107 cm³/mol. The fourth-order valence-electron chi connectivity index (χ4n) is 3.11. The number of aromatic nitrogens is 1. The Morgan fingerprint density at radius 3 is 2.70 bits per heavy atom. The summed E-state index contributed by atoms with van der Waals surface area (Å²) in [5.74, 6) is -0.161. The van der Waals surface area contributed by atoms with Gasteiger partial charge >= 0.3 is 0 Å². The smallest absolute Gasteiger partial charge is 0.236 e. The number of thiazole rings is 1. The molecule has 1 aromatic carbocycles. The number of sulfone groups is 1. The lowest BCUT2D eigenvalue weighted by molar-refractivity contribution is -0.131. The highest BCUT2D eigenvalue weighted by Gasteiger charge is 2.35. The topological polar surface area (TPSA) is 67.3 Å². The largest absolute Gasteiger partial charge is 0.338 e. The normalized spacial score (nSPS) is 19.7. The monoisotopic (exact) mass is 428 g/mol. The van der Waals surface area contributed by atoms with Gasteiger partial charge < -0.3 is 4.90 Å². The van der Waals surface area contributed by atoms with Crippen LogP contribution in [-0.4, -0.2) is 53.6 Å². The molecule has 2 aromatic rings. The van der Waals surface area contributed by atoms with Gasteiger partial charge in [-0.15, -0.1) is 11.3 Å². The lowest BCUT2D eigenvalue weighted by atomic mass is 10.2. The Balaban J connectivity index is 1.66. The molecule has 2 atom stereocenters. The Bertz CT molecular complexity index is 912. The lowest BCUT2D eigenvalue weighted by Crippen LogP contribution is -2.44. The third-order valence-corrected chi connectivity index (χ3v) is 8.33. The average molecular weight is 429 g/mol. The summed E-state index contributed by atoms with van der Waals surface area (Å²) >= 11 is 2.80. The fraction of sp³-hybridized carbons (Fsp3) is 0.444. The minimum absolute atomic E-state index is 0.0515. The maximum atomic E-state index is 13.1. The summed E-state index contributed by atoms with van der Waals surface area (Å²) in [7, 11) is -3.04. The van der Waals surface area contributed by atoms with Gasteiger partial charge in [-0.1, -0.05) is 11.8 Å². The van der Waals surface area contributed by atoms with Crippen LogP contribution >= 0.6 is 23.1 Å². The highest BCUT2D eigenvalue weighted by molar-refractivity contribution is 8.02. The van der Waals surface area contributed by atoms with E-state index >= 15 is 0 Å². The number of carbonyl (C=O) groups is 1. The highest BCUT2D eigenvalue weighted by Crippen LogP contribution is 2.32. The van der Waals surface area contributed by atoms with E-state index in [0.717, 1.165) is 15.6 Å². The van der Waals surface area contributed by atoms with Crippen molar-refractivity contribution in [3.05, 3.63) is 35.5 Å². The van der Waals surface area contributed by atoms with Crippen molar-refractivity contribution in [1.29, 1.82) is 0 Å². The quantitative estimate of drug-likeness (QED) is 0.659. The average Bonchev–Trinajstić information content (AvgIpc) is 3.22. The number of rotatable bonds is 6. The SMILES string of the molecule is CCN(C(=O)C(C)Sc1nc(-c2ccc(F)cc2)cs1)C1CCS(=O)(=O)C1. The van der Waals surface area contributed by atoms with Gasteiger partial charge in [0.05, 0.1) is 22.4 Å². The molecule has 0 radical (unpaired) electrons. The van der Waals surface area contributed by atoms with Crippen molar-refractivity contribution in [3.8, 4) is 11.3 Å². The molecule has 1 aromatic heterocycles. The van der Waals surface area contributed by atoms with Crippen LogP contribution in [-0.2, 0) is 14.6 Å². The molecule has 2 unspecified atom stereocenters. The number of nitrogens with zero attached hydrogens (tertiary/aromatic N) is 2. The van der Waals surface area contributed by atoms with E-state index in [1.807, 2.05) is 19.2 Å². The van der Waals surface area contributed by atoms with Crippen LogP contribution in [0.5, 0.6) is 0 Å². The number of amides is 1. The minimum Gasteiger partial charge on any atom is -0.338 e. The van der Waals surface area contributed by atoms with Crippen LogP contribution in [0.1, 0.15) is 20.3 Å². The van der Waals surface area contributed by atoms with E-state index in [2.05, 4.69) is 4.98 Å². The van der Waals surface area contributed by atoms with Crippen LogP contribution in [0.2, 0.25) is 0 Å². The Labute approximate surface area is 166 Å². The van der Waals surface area contributed by atoms with Crippen molar-refractivity contribution < 1.29 is 17.6 Å². The molecule has 1 amide bonds. The van der Waals surface area contributed by atoms with Crippen molar-refractivity contribution >= 4 is 38.8 Å². The van der Waals surface area contributed by atoms with Gasteiger partial charge in [0.1, 0.15) is 5.82 Å². The highest BCUT2D eigenvalue weighted by atomic mass is 32.2. The van der Waals surface area contributed by atoms with Gasteiger partial charge in [0, 0.05) is 23.5 Å². The molecule has 0 saturated carbocycles. The van der Waals surface area contributed by atoms with Gasteiger partial charge in [0.25, 0.3) is 0 Å². The van der Waals surface area contributed by atoms with E-state index in [0.29, 0.717) is 13.0 Å². The van der Waals surface area contributed by atoms with E-state index in [9.17, 15) is 17.6 Å². The number of thioether (sulfide) groups is 1. The summed E-state index contributed by atoms with van der Waals surface area (Å²) in [5.41, 5.74) is 1.57. The third kappa shape index (κ3) is 4.89. The van der Waals surface area contributed by atoms with Crippen molar-refractivity contribution in [2.24, 2.45) is 0 Å². The Kier molecular flexibility index (Phi) is 6.22. The molecule has 0 spiro atoms. The molecule has 9 heteroatoms. The molecule has 0 aliphatic carbocycles. The second-order valence-corrected chi connectivity index (χ2v) is 11.1. The number of carbonyl (C=O) groups excluding carboxylic acids is 1. The second-order valence-electron chi connectivity index (χ2n) is 6.45. The van der Waals surface area contributed by atoms with E-state index in [-0.39, 0.29) is 34.5 Å². The number of hydrogen-bond acceptors (Lipinski definition) is 6. The van der Waals surface area contributed by atoms with Crippen LogP contribution in [0.4, 0.5) is 4.39 Å². The Morgan fingerprint density at radius 1 is 1.41 bits per heavy atom. The van der Waals surface area contributed by atoms with Crippen LogP contribution in [0, 0.1) is 5.82 Å². The van der Waals surface area contributed by atoms with Gasteiger partial charge in [-0.3, -0.25) is 4.79 Å². The van der Waals surface area contributed by atoms with Crippen LogP contribution in [0.25, 0.3) is 11.3 Å². The van der Waals surface area contributed by atoms with Crippen molar-refractivity contribution in [3.63, 3.8) is 0 Å². The van der Waals surface area contributed by atoms with Crippen molar-refractivity contribution in [2.45, 2.75) is 35.9 Å². The first-order chi connectivity index (χ1) is 12.8. The number of halogens is 1. The molecule has 146 valence electrons. The molecular weight excluding hydrogens is 407 g/mol. The van der Waals surface area contributed by atoms with Gasteiger partial charge in [0.2, 0.25) is 5.91 Å². The second kappa shape index (κ2) is 8.28. The molecule has 3 rings (SSSR count). The van der Waals surface area contributed by atoms with E-state index < -0.39 is 9.84 Å². The van der Waals surface area contributed by atoms with Gasteiger partial charge in [-0.05, 0) is 44.5 Å². The summed E-state index contributed by atoms with van der Waals surface area (Å²) in [4.78, 5) is 19.0. The lowest BCUT2D eigenvalue weighted by Gasteiger charge is -2.29. The first kappa shape index (κ1) is 20.3. The molecular formula is C18H21FN2O3S3. The number of hydrogen-bond donors (Lipinski definition) is 0. The summed E-state index contributed by atoms with van der Waals surface area (Å²) < 4.78 is 37.3. The van der Waals surface area contributed by atoms with Gasteiger partial charge in [-0.25, -0.2) is 17.8 Å². The molecule has 1 fully saturated rings. The molecule has 1 aliphatic heterocycles. The Morgan fingerprint density at radius 2 is 2.11 bits per heavy atom. The van der Waals surface area contributed by atoms with Crippen LogP contribution in [0.15, 0.2) is 34.0 Å². The standard InChI is InChI=1S/C18H21FN2O3S3/c1-3-21(15-8-9-27(23,24)11-15)17(22)12(2)26-18-20-16(10-25-18)13-4-6-14(19)7-5-13/h4-7,10,12,15H,3,8-9,11H2,1-2H3. The zero-order valence-corrected chi connectivity index (χ0v) is 17.5. The van der Waals surface area contributed by atoms with Crippen molar-refractivity contribution in [1.82, 2.24) is 9.88 Å². The van der Waals surface area contributed by atoms with Crippen LogP contribution < -0.4 is 0 Å². The van der Waals surface area contributed by atoms with E-state index in [1.54, 1.807) is 17.0 Å². The predicted octanol–water partition coefficient (Wildman–Crippen LogP) is 3.47. The van der Waals surface area contributed by atoms with Gasteiger partial charge in [0.15, 0.2) is 14.2 Å².